The first-order valence-corrected chi connectivity index (χ1v) is 12.1. The van der Waals surface area contributed by atoms with E-state index in [1.165, 1.54) is 6.07 Å². The number of primary amides is 1. The van der Waals surface area contributed by atoms with Gasteiger partial charge in [0.1, 0.15) is 6.17 Å². The number of nitrogens with two attached hydrogens (primary N) is 1. The number of amides is 1. The van der Waals surface area contributed by atoms with Crippen LogP contribution in [0.15, 0.2) is 60.7 Å². The zero-order valence-electron chi connectivity index (χ0n) is 19.1. The van der Waals surface area contributed by atoms with Crippen LogP contribution in [0.25, 0.3) is 0 Å². The maximum absolute atomic E-state index is 12.6. The number of hydrogen-bond donors (Lipinski definition) is 2. The third kappa shape index (κ3) is 4.85. The van der Waals surface area contributed by atoms with Crippen molar-refractivity contribution in [3.8, 4) is 0 Å². The lowest BCUT2D eigenvalue weighted by Crippen LogP contribution is -2.31. The van der Waals surface area contributed by atoms with Gasteiger partial charge in [-0.15, -0.1) is 23.2 Å². The fourth-order valence-electron chi connectivity index (χ4n) is 4.53. The van der Waals surface area contributed by atoms with Gasteiger partial charge in [0.25, 0.3) is 11.6 Å². The summed E-state index contributed by atoms with van der Waals surface area (Å²) in [5.74, 6) is 0.176. The Kier molecular flexibility index (Phi) is 7.33. The van der Waals surface area contributed by atoms with Crippen molar-refractivity contribution in [3.05, 3.63) is 87.5 Å². The van der Waals surface area contributed by atoms with Crippen molar-refractivity contribution in [2.45, 2.75) is 13.1 Å². The van der Waals surface area contributed by atoms with Gasteiger partial charge in [0.15, 0.2) is 0 Å². The molecule has 3 aromatic rings. The summed E-state index contributed by atoms with van der Waals surface area (Å²) in [5.41, 5.74) is 10.9. The molecule has 1 amide bonds. The largest absolute Gasteiger partial charge is 0.368 e. The second-order valence-corrected chi connectivity index (χ2v) is 8.93. The minimum absolute atomic E-state index is 0.00218. The highest BCUT2D eigenvalue weighted by atomic mass is 35.5. The molecule has 0 bridgehead atoms. The maximum atomic E-state index is 12.6. The van der Waals surface area contributed by atoms with Crippen molar-refractivity contribution < 1.29 is 9.72 Å². The number of anilines is 4. The number of nitro benzene ring substituents is 1. The number of nitrogens with one attached hydrogen (secondary N) is 1. The number of fused-ring (bicyclic) bond motifs is 1. The van der Waals surface area contributed by atoms with Crippen molar-refractivity contribution in [1.82, 2.24) is 0 Å². The van der Waals surface area contributed by atoms with Crippen LogP contribution in [0.2, 0.25) is 0 Å². The second kappa shape index (κ2) is 10.4. The van der Waals surface area contributed by atoms with Crippen LogP contribution in [0.5, 0.6) is 0 Å². The molecule has 0 aromatic heterocycles. The van der Waals surface area contributed by atoms with Crippen LogP contribution in [0.1, 0.15) is 27.7 Å². The monoisotopic (exact) mass is 513 g/mol. The van der Waals surface area contributed by atoms with Crippen molar-refractivity contribution >= 4 is 57.5 Å². The van der Waals surface area contributed by atoms with Gasteiger partial charge in [0.2, 0.25) is 0 Å². The van der Waals surface area contributed by atoms with E-state index < -0.39 is 17.0 Å². The van der Waals surface area contributed by atoms with E-state index in [2.05, 4.69) is 5.32 Å². The number of alkyl halides is 2. The average Bonchev–Trinajstić information content (AvgIpc) is 3.23. The summed E-state index contributed by atoms with van der Waals surface area (Å²) in [4.78, 5) is 27.6. The summed E-state index contributed by atoms with van der Waals surface area (Å²) in [7, 11) is 0. The third-order valence-corrected chi connectivity index (χ3v) is 6.30. The predicted octanol–water partition coefficient (Wildman–Crippen LogP) is 5.55. The summed E-state index contributed by atoms with van der Waals surface area (Å²) in [5, 5.41) is 14.9. The number of nitro groups is 1. The summed E-state index contributed by atoms with van der Waals surface area (Å²) in [6, 6.07) is 18.0. The molecule has 1 aliphatic rings. The third-order valence-electron chi connectivity index (χ3n) is 5.96. The van der Waals surface area contributed by atoms with Crippen LogP contribution < -0.4 is 20.9 Å². The Morgan fingerprint density at radius 3 is 2.49 bits per heavy atom. The van der Waals surface area contributed by atoms with E-state index in [9.17, 15) is 14.9 Å². The second-order valence-electron chi connectivity index (χ2n) is 8.17. The van der Waals surface area contributed by atoms with E-state index >= 15 is 0 Å². The lowest BCUT2D eigenvalue weighted by Gasteiger charge is -2.31. The standard InChI is InChI=1S/C25H25Cl2N5O3/c1-16-13-19(15-20(24(28)33)23(16)30(11-9-26)12-10-27)31-22-8-3-2-7-21(22)29-25(31)17-5-4-6-18(14-17)32(34)35/h2-8,13-15,25,29H,9-12H2,1H3,(H2,28,33). The Morgan fingerprint density at radius 2 is 1.83 bits per heavy atom. The molecule has 1 atom stereocenters. The van der Waals surface area contributed by atoms with Gasteiger partial charge < -0.3 is 20.9 Å². The number of rotatable bonds is 9. The Labute approximate surface area is 213 Å². The van der Waals surface area contributed by atoms with E-state index in [4.69, 9.17) is 28.9 Å². The molecule has 8 nitrogen and oxygen atoms in total. The molecule has 4 rings (SSSR count). The number of carbonyl (C=O) groups excluding carboxylic acids is 1. The van der Waals surface area contributed by atoms with Crippen molar-refractivity contribution in [1.29, 1.82) is 0 Å². The van der Waals surface area contributed by atoms with E-state index in [0.717, 1.165) is 22.6 Å². The fraction of sp³-hybridized carbons (Fsp3) is 0.240. The Morgan fingerprint density at radius 1 is 1.11 bits per heavy atom. The van der Waals surface area contributed by atoms with Crippen LogP contribution in [-0.2, 0) is 0 Å². The number of benzene rings is 3. The summed E-state index contributed by atoms with van der Waals surface area (Å²) < 4.78 is 0. The number of aryl methyl sites for hydroxylation is 1. The van der Waals surface area contributed by atoms with Gasteiger partial charge in [-0.05, 0) is 36.8 Å². The average molecular weight is 514 g/mol. The summed E-state index contributed by atoms with van der Waals surface area (Å²) >= 11 is 12.0. The molecule has 0 radical (unpaired) electrons. The summed E-state index contributed by atoms with van der Waals surface area (Å²) in [6.07, 6.45) is -0.430. The molecule has 0 saturated carbocycles. The first-order valence-electron chi connectivity index (χ1n) is 11.1. The highest BCUT2D eigenvalue weighted by Crippen LogP contribution is 2.47. The molecule has 0 aliphatic carbocycles. The molecule has 35 heavy (non-hydrogen) atoms. The smallest absolute Gasteiger partial charge is 0.269 e. The molecule has 1 aliphatic heterocycles. The molecule has 1 heterocycles. The number of halogens is 2. The van der Waals surface area contributed by atoms with Gasteiger partial charge in [0.05, 0.1) is 27.5 Å². The number of hydrogen-bond acceptors (Lipinski definition) is 6. The van der Waals surface area contributed by atoms with Gasteiger partial charge in [-0.25, -0.2) is 0 Å². The van der Waals surface area contributed by atoms with Gasteiger partial charge in [-0.2, -0.15) is 0 Å². The van der Waals surface area contributed by atoms with Gasteiger partial charge in [-0.1, -0.05) is 24.3 Å². The maximum Gasteiger partial charge on any atom is 0.269 e. The Balaban J connectivity index is 1.87. The van der Waals surface area contributed by atoms with E-state index in [1.54, 1.807) is 18.2 Å². The Bertz CT molecular complexity index is 1260. The number of carbonyl (C=O) groups is 1. The Hall–Kier alpha value is -3.49. The van der Waals surface area contributed by atoms with Crippen molar-refractivity contribution in [3.63, 3.8) is 0 Å². The normalized spacial score (nSPS) is 14.4. The van der Waals surface area contributed by atoms with Gasteiger partial charge in [0, 0.05) is 48.2 Å². The molecule has 0 spiro atoms. The zero-order valence-corrected chi connectivity index (χ0v) is 20.6. The molecule has 3 N–H and O–H groups in total. The highest BCUT2D eigenvalue weighted by molar-refractivity contribution is 6.18. The first-order chi connectivity index (χ1) is 16.8. The molecule has 10 heteroatoms. The number of nitrogens with zero attached hydrogens (tertiary/aromatic N) is 3. The SMILES string of the molecule is Cc1cc(N2c3ccccc3NC2c2cccc([N+](=O)[O-])c2)cc(C(N)=O)c1N(CCCl)CCCl. The topological polar surface area (TPSA) is 105 Å². The quantitative estimate of drug-likeness (QED) is 0.221. The molecule has 0 fully saturated rings. The minimum Gasteiger partial charge on any atom is -0.368 e. The first kappa shape index (κ1) is 24.6. The number of non-ortho nitro benzene ring substituents is 1. The molecule has 1 unspecified atom stereocenters. The lowest BCUT2D eigenvalue weighted by molar-refractivity contribution is -0.384. The fourth-order valence-corrected chi connectivity index (χ4v) is 4.94. The minimum atomic E-state index is -0.563. The van der Waals surface area contributed by atoms with E-state index in [1.807, 2.05) is 53.1 Å². The van der Waals surface area contributed by atoms with Crippen LogP contribution in [-0.4, -0.2) is 35.7 Å². The molecule has 0 saturated heterocycles. The van der Waals surface area contributed by atoms with Crippen LogP contribution in [0.3, 0.4) is 0 Å². The van der Waals surface area contributed by atoms with E-state index in [-0.39, 0.29) is 5.69 Å². The van der Waals surface area contributed by atoms with Crippen LogP contribution >= 0.6 is 23.2 Å². The zero-order chi connectivity index (χ0) is 25.1. The predicted molar refractivity (Wildman–Crippen MR) is 141 cm³/mol. The van der Waals surface area contributed by atoms with Crippen molar-refractivity contribution in [2.75, 3.05) is 40.0 Å². The van der Waals surface area contributed by atoms with E-state index in [0.29, 0.717) is 41.7 Å². The summed E-state index contributed by atoms with van der Waals surface area (Å²) in [6.45, 7) is 2.94. The van der Waals surface area contributed by atoms with Crippen LogP contribution in [0, 0.1) is 17.0 Å². The highest BCUT2D eigenvalue weighted by Gasteiger charge is 2.33. The lowest BCUT2D eigenvalue weighted by atomic mass is 10.0. The van der Waals surface area contributed by atoms with Crippen LogP contribution in [0.4, 0.5) is 28.4 Å². The van der Waals surface area contributed by atoms with Gasteiger partial charge in [-0.3, -0.25) is 14.9 Å². The molecule has 3 aromatic carbocycles. The van der Waals surface area contributed by atoms with Gasteiger partial charge >= 0.3 is 0 Å². The molecule has 182 valence electrons. The van der Waals surface area contributed by atoms with Crippen molar-refractivity contribution in [2.24, 2.45) is 5.73 Å². The number of para-hydroxylation sites is 2. The molecular formula is C25H25Cl2N5O3. The molecular weight excluding hydrogens is 489 g/mol.